The highest BCUT2D eigenvalue weighted by Crippen LogP contribution is 2.34. The lowest BCUT2D eigenvalue weighted by Gasteiger charge is -2.19. The van der Waals surface area contributed by atoms with E-state index in [4.69, 9.17) is 4.74 Å². The molecule has 0 bridgehead atoms. The van der Waals surface area contributed by atoms with Gasteiger partial charge in [-0.3, -0.25) is 0 Å². The molecule has 2 N–H and O–H groups in total. The topological polar surface area (TPSA) is 67.3 Å². The Morgan fingerprint density at radius 1 is 1.18 bits per heavy atom. The molecule has 0 aliphatic rings. The molecule has 1 atom stereocenters. The Hall–Kier alpha value is -2.23. The van der Waals surface area contributed by atoms with Gasteiger partial charge in [-0.25, -0.2) is 9.97 Å². The number of aryl methyl sites for hydroxylation is 1. The summed E-state index contributed by atoms with van der Waals surface area (Å²) < 4.78 is 5.60. The number of hydrogen-bond acceptors (Lipinski definition) is 5. The Balaban J connectivity index is 2.02. The van der Waals surface area contributed by atoms with E-state index >= 15 is 0 Å². The van der Waals surface area contributed by atoms with Crippen LogP contribution in [0.2, 0.25) is 0 Å². The highest BCUT2D eigenvalue weighted by molar-refractivity contribution is 7.64. The minimum absolute atomic E-state index is 0.0754. The van der Waals surface area contributed by atoms with E-state index in [0.717, 1.165) is 39.4 Å². The van der Waals surface area contributed by atoms with E-state index in [1.165, 1.54) is 5.30 Å². The summed E-state index contributed by atoms with van der Waals surface area (Å²) >= 11 is 0. The molecule has 0 saturated carbocycles. The van der Waals surface area contributed by atoms with Gasteiger partial charge in [0.1, 0.15) is 17.4 Å². The zero-order chi connectivity index (χ0) is 20.3. The monoisotopic (exact) mass is 397 g/mol. The lowest BCUT2D eigenvalue weighted by Crippen LogP contribution is -2.12. The number of nitrogens with zero attached hydrogens (tertiary/aromatic N) is 2. The number of benzene rings is 2. The van der Waals surface area contributed by atoms with E-state index in [1.807, 2.05) is 25.1 Å². The third kappa shape index (κ3) is 4.43. The van der Waals surface area contributed by atoms with Gasteiger partial charge in [0.15, 0.2) is 0 Å². The molecule has 28 heavy (non-hydrogen) atoms. The van der Waals surface area contributed by atoms with E-state index in [0.29, 0.717) is 6.42 Å². The normalized spacial score (nSPS) is 12.4. The van der Waals surface area contributed by atoms with Crippen molar-refractivity contribution in [2.24, 2.45) is 0 Å². The Bertz CT molecular complexity index is 975. The van der Waals surface area contributed by atoms with E-state index in [-0.39, 0.29) is 20.6 Å². The van der Waals surface area contributed by atoms with Crippen molar-refractivity contribution in [3.63, 3.8) is 0 Å². The highest BCUT2D eigenvalue weighted by Gasteiger charge is 2.15. The number of hydrogen-bond donors (Lipinski definition) is 2. The van der Waals surface area contributed by atoms with Crippen LogP contribution in [-0.4, -0.2) is 42.1 Å². The van der Waals surface area contributed by atoms with Gasteiger partial charge in [-0.05, 0) is 50.8 Å². The van der Waals surface area contributed by atoms with Gasteiger partial charge in [0, 0.05) is 29.4 Å². The van der Waals surface area contributed by atoms with Crippen LogP contribution < -0.4 is 15.4 Å². The van der Waals surface area contributed by atoms with Crippen molar-refractivity contribution >= 4 is 29.9 Å². The predicted octanol–water partition coefficient (Wildman–Crippen LogP) is 4.02. The summed E-state index contributed by atoms with van der Waals surface area (Å²) in [7, 11) is 1.39. The molecule has 0 unspecified atom stereocenters. The Morgan fingerprint density at radius 3 is 2.64 bits per heavy atom. The number of methoxy groups -OCH3 is 1. The molecular weight excluding hydrogens is 369 g/mol. The number of nitrogens with one attached hydrogen (secondary N) is 1. The first-order chi connectivity index (χ1) is 13.4. The zero-order valence-corrected chi connectivity index (χ0v) is 18.0. The van der Waals surface area contributed by atoms with Crippen molar-refractivity contribution in [1.82, 2.24) is 9.97 Å². The predicted molar refractivity (Wildman–Crippen MR) is 118 cm³/mol. The van der Waals surface area contributed by atoms with Gasteiger partial charge in [-0.15, -0.1) is 0 Å². The first-order valence-electron chi connectivity index (χ1n) is 9.43. The maximum Gasteiger partial charge on any atom is 0.138 e. The van der Waals surface area contributed by atoms with Gasteiger partial charge in [-0.1, -0.05) is 32.2 Å². The van der Waals surface area contributed by atoms with Crippen LogP contribution in [0, 0.1) is 6.92 Å². The maximum absolute atomic E-state index is 9.21. The van der Waals surface area contributed by atoms with Crippen molar-refractivity contribution in [3.8, 4) is 5.75 Å². The van der Waals surface area contributed by atoms with Crippen molar-refractivity contribution < 1.29 is 9.84 Å². The van der Waals surface area contributed by atoms with Crippen molar-refractivity contribution in [1.29, 1.82) is 0 Å². The number of aromatic nitrogens is 2. The number of rotatable bonds is 7. The Morgan fingerprint density at radius 2 is 1.96 bits per heavy atom. The second-order valence-electron chi connectivity index (χ2n) is 7.14. The van der Waals surface area contributed by atoms with Crippen LogP contribution >= 0.6 is 7.92 Å². The summed E-state index contributed by atoms with van der Waals surface area (Å²) in [4.78, 5) is 9.30. The van der Waals surface area contributed by atoms with E-state index in [1.54, 1.807) is 7.11 Å². The quantitative estimate of drug-likeness (QED) is 0.590. The van der Waals surface area contributed by atoms with Crippen molar-refractivity contribution in [2.75, 3.05) is 32.4 Å². The van der Waals surface area contributed by atoms with Gasteiger partial charge in [-0.2, -0.15) is 0 Å². The number of ether oxygens (including phenoxy) is 1. The summed E-state index contributed by atoms with van der Waals surface area (Å²) in [6.45, 7) is 8.62. The van der Waals surface area contributed by atoms with E-state index in [2.05, 4.69) is 53.7 Å². The van der Waals surface area contributed by atoms with Crippen LogP contribution in [0.25, 0.3) is 10.9 Å². The minimum atomic E-state index is -0.320. The van der Waals surface area contributed by atoms with Crippen LogP contribution in [0.1, 0.15) is 29.9 Å². The molecule has 2 aromatic carbocycles. The van der Waals surface area contributed by atoms with E-state index in [9.17, 15) is 5.11 Å². The van der Waals surface area contributed by atoms with Crippen LogP contribution in [0.4, 0.5) is 5.82 Å². The summed E-state index contributed by atoms with van der Waals surface area (Å²) in [6, 6.07) is 12.6. The number of fused-ring (bicyclic) bond motifs is 1. The summed E-state index contributed by atoms with van der Waals surface area (Å²) in [5.74, 6) is 2.45. The molecule has 5 nitrogen and oxygen atoms in total. The van der Waals surface area contributed by atoms with Crippen molar-refractivity contribution in [2.45, 2.75) is 26.3 Å². The standard InChI is InChI=1S/C22H28N3O2P/c1-14(17-8-6-7-16(11-17)9-10-26)23-22-18-12-21(28(4)5)20(27-3)13-19(18)24-15(2)25-22/h6-8,11-14,26H,9-10H2,1-5H3,(H,23,24,25)/t14-/m1/s1. The van der Waals surface area contributed by atoms with Gasteiger partial charge < -0.3 is 15.2 Å². The first kappa shape index (κ1) is 20.5. The average molecular weight is 397 g/mol. The molecule has 6 heteroatoms. The molecule has 0 aliphatic carbocycles. The number of aliphatic hydroxyl groups excluding tert-OH is 1. The lowest BCUT2D eigenvalue weighted by atomic mass is 10.0. The Labute approximate surface area is 167 Å². The van der Waals surface area contributed by atoms with Gasteiger partial charge in [0.2, 0.25) is 0 Å². The van der Waals surface area contributed by atoms with Crippen LogP contribution in [-0.2, 0) is 6.42 Å². The minimum Gasteiger partial charge on any atom is -0.496 e. The fourth-order valence-corrected chi connectivity index (χ4v) is 4.30. The summed E-state index contributed by atoms with van der Waals surface area (Å²) in [5, 5.41) is 15.0. The fourth-order valence-electron chi connectivity index (χ4n) is 3.32. The molecule has 3 aromatic rings. The van der Waals surface area contributed by atoms with Crippen LogP contribution in [0.5, 0.6) is 5.75 Å². The molecular formula is C22H28N3O2P. The molecule has 0 spiro atoms. The SMILES string of the molecule is COc1cc2nc(C)nc(N[C@H](C)c3cccc(CCO)c3)c2cc1P(C)C. The molecule has 0 radical (unpaired) electrons. The first-order valence-corrected chi connectivity index (χ1v) is 11.7. The Kier molecular flexibility index (Phi) is 6.48. The largest absolute Gasteiger partial charge is 0.496 e. The smallest absolute Gasteiger partial charge is 0.138 e. The second-order valence-corrected chi connectivity index (χ2v) is 9.41. The number of aliphatic hydroxyl groups is 1. The molecule has 1 heterocycles. The molecule has 0 fully saturated rings. The highest BCUT2D eigenvalue weighted by atomic mass is 31.1. The molecule has 1 aromatic heterocycles. The second kappa shape index (κ2) is 8.85. The van der Waals surface area contributed by atoms with Crippen molar-refractivity contribution in [3.05, 3.63) is 53.3 Å². The third-order valence-electron chi connectivity index (χ3n) is 4.79. The summed E-state index contributed by atoms with van der Waals surface area (Å²) in [5.41, 5.74) is 3.18. The van der Waals surface area contributed by atoms with Crippen LogP contribution in [0.3, 0.4) is 0 Å². The maximum atomic E-state index is 9.21. The third-order valence-corrected chi connectivity index (χ3v) is 6.11. The molecule has 0 amide bonds. The number of anilines is 1. The van der Waals surface area contributed by atoms with Gasteiger partial charge >= 0.3 is 0 Å². The van der Waals surface area contributed by atoms with E-state index < -0.39 is 0 Å². The molecule has 0 aliphatic heterocycles. The molecule has 0 saturated heterocycles. The lowest BCUT2D eigenvalue weighted by molar-refractivity contribution is 0.299. The zero-order valence-electron chi connectivity index (χ0n) is 17.2. The average Bonchev–Trinajstić information content (AvgIpc) is 2.67. The molecule has 3 rings (SSSR count). The fraction of sp³-hybridized carbons (Fsp3) is 0.364. The summed E-state index contributed by atoms with van der Waals surface area (Å²) in [6.07, 6.45) is 0.663. The van der Waals surface area contributed by atoms with Gasteiger partial charge in [0.25, 0.3) is 0 Å². The van der Waals surface area contributed by atoms with Crippen LogP contribution in [0.15, 0.2) is 36.4 Å². The van der Waals surface area contributed by atoms with Gasteiger partial charge in [0.05, 0.1) is 12.6 Å². The molecule has 148 valence electrons.